The number of aliphatic hydroxyl groups is 1. The Morgan fingerprint density at radius 1 is 1.38 bits per heavy atom. The number of hydrogen-bond acceptors (Lipinski definition) is 3. The standard InChI is InChI=1S/C10H18N2O4/c1-3-4-5-6-11-9(15)12-7-10(2,16)8(13)14/h3-4,16H,5-7H2,1-2H3,(H,13,14)(H2,11,12,15)/b4-3+. The number of amides is 2. The second-order valence-corrected chi connectivity index (χ2v) is 3.55. The lowest BCUT2D eigenvalue weighted by Crippen LogP contribution is -2.49. The van der Waals surface area contributed by atoms with Crippen molar-refractivity contribution in [2.75, 3.05) is 13.1 Å². The van der Waals surface area contributed by atoms with Gasteiger partial charge < -0.3 is 20.8 Å². The summed E-state index contributed by atoms with van der Waals surface area (Å²) in [5.41, 5.74) is -1.94. The minimum Gasteiger partial charge on any atom is -0.479 e. The lowest BCUT2D eigenvalue weighted by Gasteiger charge is -2.18. The van der Waals surface area contributed by atoms with Gasteiger partial charge in [0.2, 0.25) is 0 Å². The number of rotatable bonds is 6. The molecule has 4 N–H and O–H groups in total. The Kier molecular flexibility index (Phi) is 6.17. The number of carboxylic acid groups (broad SMARTS) is 1. The molecule has 0 saturated carbocycles. The number of allylic oxidation sites excluding steroid dienone is 1. The number of hydrogen-bond donors (Lipinski definition) is 4. The Labute approximate surface area is 94.3 Å². The SMILES string of the molecule is C/C=C/CCNC(=O)NCC(C)(O)C(=O)O. The highest BCUT2D eigenvalue weighted by Gasteiger charge is 2.30. The van der Waals surface area contributed by atoms with Crippen molar-refractivity contribution >= 4 is 12.0 Å². The molecular weight excluding hydrogens is 212 g/mol. The van der Waals surface area contributed by atoms with Gasteiger partial charge in [-0.2, -0.15) is 0 Å². The third-order valence-electron chi connectivity index (χ3n) is 1.89. The molecule has 6 heteroatoms. The van der Waals surface area contributed by atoms with E-state index in [1.54, 1.807) is 0 Å². The van der Waals surface area contributed by atoms with Crippen molar-refractivity contribution in [1.82, 2.24) is 10.6 Å². The average Bonchev–Trinajstić information content (AvgIpc) is 2.21. The first-order chi connectivity index (χ1) is 7.40. The van der Waals surface area contributed by atoms with Gasteiger partial charge in [0, 0.05) is 6.54 Å². The molecule has 0 bridgehead atoms. The molecule has 92 valence electrons. The Balaban J connectivity index is 3.77. The molecule has 0 aliphatic heterocycles. The Morgan fingerprint density at radius 2 is 2.00 bits per heavy atom. The first-order valence-corrected chi connectivity index (χ1v) is 4.99. The van der Waals surface area contributed by atoms with Crippen LogP contribution < -0.4 is 10.6 Å². The smallest absolute Gasteiger partial charge is 0.337 e. The first kappa shape index (κ1) is 14.4. The Bertz CT molecular complexity index is 274. The molecule has 0 saturated heterocycles. The zero-order chi connectivity index (χ0) is 12.6. The van der Waals surface area contributed by atoms with E-state index in [4.69, 9.17) is 5.11 Å². The van der Waals surface area contributed by atoms with E-state index in [0.29, 0.717) is 13.0 Å². The molecule has 0 aromatic heterocycles. The molecule has 0 aromatic carbocycles. The average molecular weight is 230 g/mol. The first-order valence-electron chi connectivity index (χ1n) is 4.99. The number of nitrogens with one attached hydrogen (secondary N) is 2. The molecule has 0 rings (SSSR count). The van der Waals surface area contributed by atoms with Gasteiger partial charge in [-0.1, -0.05) is 12.2 Å². The van der Waals surface area contributed by atoms with E-state index in [0.717, 1.165) is 6.92 Å². The van der Waals surface area contributed by atoms with Crippen molar-refractivity contribution in [1.29, 1.82) is 0 Å². The number of carboxylic acids is 1. The Hall–Kier alpha value is -1.56. The monoisotopic (exact) mass is 230 g/mol. The van der Waals surface area contributed by atoms with E-state index in [2.05, 4.69) is 10.6 Å². The van der Waals surface area contributed by atoms with Crippen LogP contribution in [0.3, 0.4) is 0 Å². The van der Waals surface area contributed by atoms with Crippen molar-refractivity contribution in [3.8, 4) is 0 Å². The van der Waals surface area contributed by atoms with Gasteiger partial charge in [0.15, 0.2) is 5.60 Å². The van der Waals surface area contributed by atoms with E-state index < -0.39 is 17.6 Å². The fraction of sp³-hybridized carbons (Fsp3) is 0.600. The lowest BCUT2D eigenvalue weighted by molar-refractivity contribution is -0.155. The van der Waals surface area contributed by atoms with Crippen molar-refractivity contribution < 1.29 is 19.8 Å². The zero-order valence-corrected chi connectivity index (χ0v) is 9.49. The molecule has 16 heavy (non-hydrogen) atoms. The normalized spacial score (nSPS) is 14.4. The van der Waals surface area contributed by atoms with E-state index in [-0.39, 0.29) is 6.54 Å². The van der Waals surface area contributed by atoms with Crippen molar-refractivity contribution in [2.24, 2.45) is 0 Å². The number of aliphatic carboxylic acids is 1. The molecule has 0 aliphatic carbocycles. The van der Waals surface area contributed by atoms with Crippen LogP contribution in [0.25, 0.3) is 0 Å². The molecule has 0 aromatic rings. The molecule has 0 spiro atoms. The molecule has 1 unspecified atom stereocenters. The van der Waals surface area contributed by atoms with Gasteiger partial charge in [-0.25, -0.2) is 9.59 Å². The Morgan fingerprint density at radius 3 is 2.50 bits per heavy atom. The molecule has 1 atom stereocenters. The minimum absolute atomic E-state index is 0.336. The van der Waals surface area contributed by atoms with Gasteiger partial charge in [0.1, 0.15) is 0 Å². The second-order valence-electron chi connectivity index (χ2n) is 3.55. The van der Waals surface area contributed by atoms with Gasteiger partial charge in [0.05, 0.1) is 6.54 Å². The molecule has 0 radical (unpaired) electrons. The predicted molar refractivity (Wildman–Crippen MR) is 59.1 cm³/mol. The van der Waals surface area contributed by atoms with Crippen LogP contribution in [0, 0.1) is 0 Å². The third-order valence-corrected chi connectivity index (χ3v) is 1.89. The number of urea groups is 1. The van der Waals surface area contributed by atoms with E-state index in [1.807, 2.05) is 19.1 Å². The maximum atomic E-state index is 11.1. The quantitative estimate of drug-likeness (QED) is 0.384. The summed E-state index contributed by atoms with van der Waals surface area (Å²) in [5, 5.41) is 22.7. The maximum Gasteiger partial charge on any atom is 0.337 e. The van der Waals surface area contributed by atoms with Crippen molar-refractivity contribution in [3.05, 3.63) is 12.2 Å². The summed E-state index contributed by atoms with van der Waals surface area (Å²) in [6, 6.07) is -0.494. The predicted octanol–water partition coefficient (Wildman–Crippen LogP) is 0.0874. The molecule has 2 amide bonds. The topological polar surface area (TPSA) is 98.7 Å². The summed E-state index contributed by atoms with van der Waals surface area (Å²) >= 11 is 0. The minimum atomic E-state index is -1.94. The van der Waals surface area contributed by atoms with Crippen LogP contribution in [-0.2, 0) is 4.79 Å². The maximum absolute atomic E-state index is 11.1. The zero-order valence-electron chi connectivity index (χ0n) is 9.49. The van der Waals surface area contributed by atoms with Gasteiger partial charge in [0.25, 0.3) is 0 Å². The van der Waals surface area contributed by atoms with Crippen LogP contribution in [0.5, 0.6) is 0 Å². The highest BCUT2D eigenvalue weighted by Crippen LogP contribution is 2.00. The molecular formula is C10H18N2O4. The number of carbonyl (C=O) groups excluding carboxylic acids is 1. The fourth-order valence-corrected chi connectivity index (χ4v) is 0.826. The summed E-state index contributed by atoms with van der Waals surface area (Å²) < 4.78 is 0. The number of carbonyl (C=O) groups is 2. The van der Waals surface area contributed by atoms with Crippen molar-refractivity contribution in [3.63, 3.8) is 0 Å². The third kappa shape index (κ3) is 6.02. The van der Waals surface area contributed by atoms with Crippen LogP contribution in [0.2, 0.25) is 0 Å². The second kappa shape index (κ2) is 6.84. The van der Waals surface area contributed by atoms with Crippen LogP contribution >= 0.6 is 0 Å². The summed E-state index contributed by atoms with van der Waals surface area (Å²) in [6.45, 7) is 3.13. The molecule has 0 aliphatic rings. The van der Waals surface area contributed by atoms with Gasteiger partial charge in [-0.05, 0) is 20.3 Å². The van der Waals surface area contributed by atoms with Crippen LogP contribution in [0.4, 0.5) is 4.79 Å². The lowest BCUT2D eigenvalue weighted by atomic mass is 10.1. The van der Waals surface area contributed by atoms with E-state index in [9.17, 15) is 14.7 Å². The summed E-state index contributed by atoms with van der Waals surface area (Å²) in [4.78, 5) is 21.6. The van der Waals surface area contributed by atoms with Gasteiger partial charge in [-0.3, -0.25) is 0 Å². The highest BCUT2D eigenvalue weighted by atomic mass is 16.4. The van der Waals surface area contributed by atoms with Crippen LogP contribution in [0.15, 0.2) is 12.2 Å². The summed E-state index contributed by atoms with van der Waals surface area (Å²) in [5.74, 6) is -1.37. The molecule has 0 fully saturated rings. The molecule has 6 nitrogen and oxygen atoms in total. The van der Waals surface area contributed by atoms with Crippen LogP contribution in [0.1, 0.15) is 20.3 Å². The van der Waals surface area contributed by atoms with Crippen LogP contribution in [-0.4, -0.2) is 40.9 Å². The van der Waals surface area contributed by atoms with Crippen molar-refractivity contribution in [2.45, 2.75) is 25.9 Å². The largest absolute Gasteiger partial charge is 0.479 e. The summed E-state index contributed by atoms with van der Waals surface area (Å²) in [6.07, 6.45) is 4.47. The fourth-order valence-electron chi connectivity index (χ4n) is 0.826. The van der Waals surface area contributed by atoms with E-state index in [1.165, 1.54) is 0 Å². The highest BCUT2D eigenvalue weighted by molar-refractivity contribution is 5.79. The van der Waals surface area contributed by atoms with Gasteiger partial charge >= 0.3 is 12.0 Å². The molecule has 0 heterocycles. The van der Waals surface area contributed by atoms with Gasteiger partial charge in [-0.15, -0.1) is 0 Å². The van der Waals surface area contributed by atoms with E-state index >= 15 is 0 Å². The summed E-state index contributed by atoms with van der Waals surface area (Å²) in [7, 11) is 0.